The van der Waals surface area contributed by atoms with Gasteiger partial charge in [-0.25, -0.2) is 0 Å². The molecule has 0 aromatic heterocycles. The van der Waals surface area contributed by atoms with Crippen LogP contribution in [0.2, 0.25) is 0 Å². The quantitative estimate of drug-likeness (QED) is 0.506. The van der Waals surface area contributed by atoms with Crippen LogP contribution in [-0.2, 0) is 4.74 Å². The van der Waals surface area contributed by atoms with Crippen molar-refractivity contribution in [2.45, 2.75) is 12.8 Å². The van der Waals surface area contributed by atoms with E-state index in [1.807, 2.05) is 0 Å². The zero-order valence-corrected chi connectivity index (χ0v) is 5.89. The third-order valence-electron chi connectivity index (χ3n) is 1.94. The maximum absolute atomic E-state index is 5.24. The van der Waals surface area contributed by atoms with Crippen LogP contribution in [0.5, 0.6) is 0 Å². The monoisotopic (exact) mass is 137 g/mol. The first-order chi connectivity index (χ1) is 4.97. The van der Waals surface area contributed by atoms with Gasteiger partial charge in [-0.15, -0.1) is 0 Å². The maximum Gasteiger partial charge on any atom is 0.116 e. The highest BCUT2D eigenvalue weighted by molar-refractivity contribution is 5.24. The second-order valence-corrected chi connectivity index (χ2v) is 2.63. The number of rotatable bonds is 0. The van der Waals surface area contributed by atoms with Gasteiger partial charge >= 0.3 is 0 Å². The lowest BCUT2D eigenvalue weighted by Gasteiger charge is -2.23. The molecular weight excluding hydrogens is 126 g/mol. The van der Waals surface area contributed by atoms with Crippen LogP contribution < -0.4 is 5.32 Å². The van der Waals surface area contributed by atoms with E-state index in [0.717, 1.165) is 19.4 Å². The molecule has 0 amide bonds. The molecule has 1 heterocycles. The van der Waals surface area contributed by atoms with Crippen LogP contribution in [0.1, 0.15) is 12.8 Å². The van der Waals surface area contributed by atoms with Crippen molar-refractivity contribution in [3.05, 3.63) is 23.4 Å². The third-order valence-corrected chi connectivity index (χ3v) is 1.94. The zero-order chi connectivity index (χ0) is 6.81. The minimum absolute atomic E-state index is 0.687. The van der Waals surface area contributed by atoms with Gasteiger partial charge in [0.1, 0.15) is 6.73 Å². The van der Waals surface area contributed by atoms with E-state index in [2.05, 4.69) is 17.5 Å². The van der Waals surface area contributed by atoms with Crippen LogP contribution in [0.15, 0.2) is 23.4 Å². The summed E-state index contributed by atoms with van der Waals surface area (Å²) < 4.78 is 5.24. The summed E-state index contributed by atoms with van der Waals surface area (Å²) in [5, 5.41) is 3.23. The van der Waals surface area contributed by atoms with E-state index in [0.29, 0.717) is 6.73 Å². The minimum Gasteiger partial charge on any atom is -0.366 e. The molecule has 2 aliphatic rings. The molecule has 0 spiro atoms. The number of ether oxygens (including phenoxy) is 1. The smallest absolute Gasteiger partial charge is 0.116 e. The van der Waals surface area contributed by atoms with Crippen molar-refractivity contribution in [1.82, 2.24) is 5.32 Å². The Hall–Kier alpha value is -0.760. The van der Waals surface area contributed by atoms with Gasteiger partial charge in [0.15, 0.2) is 0 Å². The van der Waals surface area contributed by atoms with Crippen LogP contribution in [0.4, 0.5) is 0 Å². The number of hydrogen-bond acceptors (Lipinski definition) is 2. The summed E-state index contributed by atoms with van der Waals surface area (Å²) in [6, 6.07) is 0. The molecule has 2 nitrogen and oxygen atoms in total. The van der Waals surface area contributed by atoms with Gasteiger partial charge in [-0.2, -0.15) is 0 Å². The van der Waals surface area contributed by atoms with Gasteiger partial charge in [0, 0.05) is 12.1 Å². The molecule has 0 atom stereocenters. The lowest BCUT2D eigenvalue weighted by Crippen LogP contribution is -2.26. The summed E-state index contributed by atoms with van der Waals surface area (Å²) in [6.07, 6.45) is 6.55. The van der Waals surface area contributed by atoms with E-state index in [9.17, 15) is 0 Å². The molecule has 0 fully saturated rings. The zero-order valence-electron chi connectivity index (χ0n) is 5.89. The SMILES string of the molecule is C1=CCC2=C(C1)COCN2. The molecule has 54 valence electrons. The van der Waals surface area contributed by atoms with E-state index >= 15 is 0 Å². The molecule has 0 saturated carbocycles. The predicted molar refractivity (Wildman–Crippen MR) is 39.4 cm³/mol. The standard InChI is InChI=1S/C8H11NO/c1-2-4-8-7(3-1)5-10-6-9-8/h1-2,9H,3-6H2. The Bertz CT molecular complexity index is 173. The molecular formula is C8H11NO. The number of hydrogen-bond donors (Lipinski definition) is 1. The molecule has 1 aliphatic carbocycles. The van der Waals surface area contributed by atoms with Gasteiger partial charge in [0.2, 0.25) is 0 Å². The Morgan fingerprint density at radius 2 is 2.20 bits per heavy atom. The Balaban J connectivity index is 2.17. The Kier molecular flexibility index (Phi) is 1.47. The first-order valence-electron chi connectivity index (χ1n) is 3.64. The molecule has 0 bridgehead atoms. The second-order valence-electron chi connectivity index (χ2n) is 2.63. The summed E-state index contributed by atoms with van der Waals surface area (Å²) in [4.78, 5) is 0. The van der Waals surface area contributed by atoms with Crippen LogP contribution in [0, 0.1) is 0 Å². The highest BCUT2D eigenvalue weighted by Crippen LogP contribution is 2.19. The molecule has 1 aliphatic heterocycles. The van der Waals surface area contributed by atoms with E-state index in [1.54, 1.807) is 0 Å². The summed E-state index contributed by atoms with van der Waals surface area (Å²) in [6.45, 7) is 1.51. The van der Waals surface area contributed by atoms with Crippen molar-refractivity contribution < 1.29 is 4.74 Å². The van der Waals surface area contributed by atoms with E-state index in [-0.39, 0.29) is 0 Å². The number of allylic oxidation sites excluding steroid dienone is 2. The van der Waals surface area contributed by atoms with E-state index in [4.69, 9.17) is 4.74 Å². The van der Waals surface area contributed by atoms with E-state index in [1.165, 1.54) is 11.3 Å². The summed E-state index contributed by atoms with van der Waals surface area (Å²) >= 11 is 0. The van der Waals surface area contributed by atoms with Gasteiger partial charge in [-0.1, -0.05) is 12.2 Å². The summed E-state index contributed by atoms with van der Waals surface area (Å²) in [7, 11) is 0. The van der Waals surface area contributed by atoms with Crippen LogP contribution in [0.3, 0.4) is 0 Å². The van der Waals surface area contributed by atoms with Crippen molar-refractivity contribution >= 4 is 0 Å². The second kappa shape index (κ2) is 2.46. The van der Waals surface area contributed by atoms with Gasteiger partial charge in [-0.3, -0.25) is 0 Å². The lowest BCUT2D eigenvalue weighted by atomic mass is 10.0. The van der Waals surface area contributed by atoms with Gasteiger partial charge in [0.05, 0.1) is 6.61 Å². The Morgan fingerprint density at radius 1 is 1.30 bits per heavy atom. The molecule has 0 aromatic rings. The highest BCUT2D eigenvalue weighted by Gasteiger charge is 2.11. The topological polar surface area (TPSA) is 21.3 Å². The fourth-order valence-corrected chi connectivity index (χ4v) is 1.35. The first-order valence-corrected chi connectivity index (χ1v) is 3.64. The molecule has 0 unspecified atom stereocenters. The lowest BCUT2D eigenvalue weighted by molar-refractivity contribution is 0.126. The third kappa shape index (κ3) is 0.948. The minimum atomic E-state index is 0.687. The Labute approximate surface area is 60.6 Å². The van der Waals surface area contributed by atoms with Crippen LogP contribution >= 0.6 is 0 Å². The summed E-state index contributed by atoms with van der Waals surface area (Å²) in [5.74, 6) is 0. The van der Waals surface area contributed by atoms with Crippen molar-refractivity contribution in [2.24, 2.45) is 0 Å². The van der Waals surface area contributed by atoms with Crippen molar-refractivity contribution in [3.63, 3.8) is 0 Å². The van der Waals surface area contributed by atoms with E-state index < -0.39 is 0 Å². The number of nitrogens with one attached hydrogen (secondary N) is 1. The van der Waals surface area contributed by atoms with Crippen molar-refractivity contribution in [1.29, 1.82) is 0 Å². The van der Waals surface area contributed by atoms with Gasteiger partial charge in [-0.05, 0) is 12.0 Å². The molecule has 0 saturated heterocycles. The fraction of sp³-hybridized carbons (Fsp3) is 0.500. The highest BCUT2D eigenvalue weighted by atomic mass is 16.5. The molecule has 0 aromatic carbocycles. The van der Waals surface area contributed by atoms with Gasteiger partial charge < -0.3 is 10.1 Å². The molecule has 0 radical (unpaired) electrons. The molecule has 2 heteroatoms. The summed E-state index contributed by atoms with van der Waals surface area (Å²) in [5.41, 5.74) is 2.81. The van der Waals surface area contributed by atoms with Crippen molar-refractivity contribution in [3.8, 4) is 0 Å². The largest absolute Gasteiger partial charge is 0.366 e. The van der Waals surface area contributed by atoms with Crippen LogP contribution in [0.25, 0.3) is 0 Å². The Morgan fingerprint density at radius 3 is 3.10 bits per heavy atom. The van der Waals surface area contributed by atoms with Crippen LogP contribution in [-0.4, -0.2) is 13.3 Å². The van der Waals surface area contributed by atoms with Gasteiger partial charge in [0.25, 0.3) is 0 Å². The fourth-order valence-electron chi connectivity index (χ4n) is 1.35. The first kappa shape index (κ1) is 5.98. The van der Waals surface area contributed by atoms with Crippen molar-refractivity contribution in [2.75, 3.05) is 13.3 Å². The molecule has 1 N–H and O–H groups in total. The average Bonchev–Trinajstić information content (AvgIpc) is 2.05. The normalized spacial score (nSPS) is 24.0. The average molecular weight is 137 g/mol. The molecule has 2 rings (SSSR count). The maximum atomic E-state index is 5.24. The predicted octanol–water partition coefficient (Wildman–Crippen LogP) is 1.17. The molecule has 10 heavy (non-hydrogen) atoms.